The highest BCUT2D eigenvalue weighted by Gasteiger charge is 2.15. The number of rotatable bonds is 4. The van der Waals surface area contributed by atoms with Gasteiger partial charge in [0, 0.05) is 5.56 Å². The van der Waals surface area contributed by atoms with Crippen molar-refractivity contribution in [1.82, 2.24) is 4.57 Å². The number of hydrogen-bond donors (Lipinski definition) is 0. The van der Waals surface area contributed by atoms with Gasteiger partial charge in [0.1, 0.15) is 6.54 Å². The zero-order valence-corrected chi connectivity index (χ0v) is 17.3. The molecule has 7 nitrogen and oxygen atoms in total. The van der Waals surface area contributed by atoms with Crippen molar-refractivity contribution >= 4 is 39.4 Å². The van der Waals surface area contributed by atoms with Crippen molar-refractivity contribution in [2.45, 2.75) is 20.4 Å². The van der Waals surface area contributed by atoms with Crippen molar-refractivity contribution in [2.75, 3.05) is 14.2 Å². The molecule has 1 heterocycles. The summed E-state index contributed by atoms with van der Waals surface area (Å²) < 4.78 is 12.1. The number of hydrogen-bond acceptors (Lipinski definition) is 6. The van der Waals surface area contributed by atoms with E-state index in [1.54, 1.807) is 4.57 Å². The van der Waals surface area contributed by atoms with Crippen LogP contribution in [0, 0.1) is 13.8 Å². The highest BCUT2D eigenvalue weighted by atomic mass is 32.1. The Kier molecular flexibility index (Phi) is 5.93. The largest absolute Gasteiger partial charge is 0.468 e. The standard InChI is InChI=1S/C21H20N2O5S/c1-12-9-13(2)18-16(10-12)29-21(23(18)11-17(24)27-3)22-19(25)14-5-7-15(8-6-14)20(26)28-4/h5-10H,11H2,1-4H3. The Labute approximate surface area is 171 Å². The Bertz CT molecular complexity index is 1170. The van der Waals surface area contributed by atoms with Gasteiger partial charge in [-0.3, -0.25) is 9.59 Å². The number of methoxy groups -OCH3 is 2. The Hall–Kier alpha value is -3.26. The van der Waals surface area contributed by atoms with Crippen LogP contribution in [-0.4, -0.2) is 36.6 Å². The number of aryl methyl sites for hydroxylation is 2. The van der Waals surface area contributed by atoms with E-state index in [0.29, 0.717) is 15.9 Å². The molecule has 2 aromatic carbocycles. The number of thiazole rings is 1. The molecule has 0 fully saturated rings. The van der Waals surface area contributed by atoms with Crippen molar-refractivity contribution in [3.8, 4) is 0 Å². The van der Waals surface area contributed by atoms with Gasteiger partial charge in [0.25, 0.3) is 5.91 Å². The zero-order chi connectivity index (χ0) is 21.1. The normalized spacial score (nSPS) is 11.5. The molecule has 0 radical (unpaired) electrons. The van der Waals surface area contributed by atoms with Gasteiger partial charge in [-0.1, -0.05) is 17.4 Å². The third kappa shape index (κ3) is 4.27. The third-order valence-corrected chi connectivity index (χ3v) is 5.40. The third-order valence-electron chi connectivity index (χ3n) is 4.38. The monoisotopic (exact) mass is 412 g/mol. The van der Waals surface area contributed by atoms with E-state index < -0.39 is 17.8 Å². The molecule has 0 unspecified atom stereocenters. The van der Waals surface area contributed by atoms with Crippen molar-refractivity contribution in [2.24, 2.45) is 4.99 Å². The van der Waals surface area contributed by atoms with Crippen molar-refractivity contribution in [3.63, 3.8) is 0 Å². The molecule has 0 saturated carbocycles. The van der Waals surface area contributed by atoms with Gasteiger partial charge in [-0.15, -0.1) is 0 Å². The van der Waals surface area contributed by atoms with Crippen molar-refractivity contribution in [3.05, 3.63) is 63.5 Å². The maximum absolute atomic E-state index is 12.7. The van der Waals surface area contributed by atoms with E-state index in [4.69, 9.17) is 4.74 Å². The fraction of sp³-hybridized carbons (Fsp3) is 0.238. The molecule has 8 heteroatoms. The molecular weight excluding hydrogens is 392 g/mol. The molecule has 0 spiro atoms. The van der Waals surface area contributed by atoms with E-state index >= 15 is 0 Å². The molecule has 1 amide bonds. The first-order valence-electron chi connectivity index (χ1n) is 8.79. The minimum atomic E-state index is -0.479. The summed E-state index contributed by atoms with van der Waals surface area (Å²) in [7, 11) is 2.61. The molecule has 0 saturated heterocycles. The van der Waals surface area contributed by atoms with Gasteiger partial charge < -0.3 is 14.0 Å². The minimum Gasteiger partial charge on any atom is -0.468 e. The second-order valence-corrected chi connectivity index (χ2v) is 7.47. The molecule has 3 rings (SSSR count). The number of carbonyl (C=O) groups is 3. The van der Waals surface area contributed by atoms with Crippen molar-refractivity contribution in [1.29, 1.82) is 0 Å². The molecule has 3 aromatic rings. The fourth-order valence-corrected chi connectivity index (χ4v) is 4.24. The first-order chi connectivity index (χ1) is 13.8. The summed E-state index contributed by atoms with van der Waals surface area (Å²) in [5.74, 6) is -1.38. The number of carbonyl (C=O) groups excluding carboxylic acids is 3. The van der Waals surface area contributed by atoms with Gasteiger partial charge in [-0.05, 0) is 55.3 Å². The van der Waals surface area contributed by atoms with E-state index in [2.05, 4.69) is 9.73 Å². The molecule has 0 atom stereocenters. The zero-order valence-electron chi connectivity index (χ0n) is 16.5. The molecule has 150 valence electrons. The summed E-state index contributed by atoms with van der Waals surface area (Å²) in [6, 6.07) is 10.1. The Morgan fingerprint density at radius 1 is 1.00 bits per heavy atom. The first kappa shape index (κ1) is 20.5. The van der Waals surface area contributed by atoms with Crippen LogP contribution in [-0.2, 0) is 20.8 Å². The second-order valence-electron chi connectivity index (χ2n) is 6.46. The van der Waals surface area contributed by atoms with E-state index in [1.807, 2.05) is 26.0 Å². The van der Waals surface area contributed by atoms with E-state index in [-0.39, 0.29) is 6.54 Å². The number of nitrogens with zero attached hydrogens (tertiary/aromatic N) is 2. The lowest BCUT2D eigenvalue weighted by Crippen LogP contribution is -2.22. The number of ether oxygens (including phenoxy) is 2. The SMILES string of the molecule is COC(=O)Cn1c(=NC(=O)c2ccc(C(=O)OC)cc2)sc2cc(C)cc(C)c21. The van der Waals surface area contributed by atoms with Gasteiger partial charge in [0.15, 0.2) is 4.80 Å². The Balaban J connectivity index is 2.09. The quantitative estimate of drug-likeness (QED) is 0.615. The number of fused-ring (bicyclic) bond motifs is 1. The smallest absolute Gasteiger partial charge is 0.337 e. The molecule has 0 aliphatic rings. The topological polar surface area (TPSA) is 87.0 Å². The van der Waals surface area contributed by atoms with Crippen LogP contribution >= 0.6 is 11.3 Å². The molecule has 29 heavy (non-hydrogen) atoms. The maximum Gasteiger partial charge on any atom is 0.337 e. The van der Waals surface area contributed by atoms with Crippen LogP contribution in [0.15, 0.2) is 41.4 Å². The number of aromatic nitrogens is 1. The molecule has 0 bridgehead atoms. The van der Waals surface area contributed by atoms with Crippen LogP contribution in [0.4, 0.5) is 0 Å². The number of amides is 1. The summed E-state index contributed by atoms with van der Waals surface area (Å²) in [4.78, 5) is 40.8. The van der Waals surface area contributed by atoms with Gasteiger partial charge in [-0.25, -0.2) is 4.79 Å². The van der Waals surface area contributed by atoms with Crippen LogP contribution in [0.5, 0.6) is 0 Å². The van der Waals surface area contributed by atoms with Crippen molar-refractivity contribution < 1.29 is 23.9 Å². The summed E-state index contributed by atoms with van der Waals surface area (Å²) in [6.07, 6.45) is 0. The Morgan fingerprint density at radius 2 is 1.66 bits per heavy atom. The predicted molar refractivity (Wildman–Crippen MR) is 109 cm³/mol. The summed E-state index contributed by atoms with van der Waals surface area (Å²) >= 11 is 1.33. The summed E-state index contributed by atoms with van der Waals surface area (Å²) in [5, 5.41) is 0. The predicted octanol–water partition coefficient (Wildman–Crippen LogP) is 3.02. The van der Waals surface area contributed by atoms with Crippen LogP contribution in [0.2, 0.25) is 0 Å². The molecule has 0 aliphatic carbocycles. The summed E-state index contributed by atoms with van der Waals surface area (Å²) in [5.41, 5.74) is 3.58. The highest BCUT2D eigenvalue weighted by molar-refractivity contribution is 7.16. The van der Waals surface area contributed by atoms with Gasteiger partial charge in [0.05, 0.1) is 30.0 Å². The molecular formula is C21H20N2O5S. The molecule has 0 N–H and O–H groups in total. The van der Waals surface area contributed by atoms with Gasteiger partial charge >= 0.3 is 11.9 Å². The van der Waals surface area contributed by atoms with E-state index in [1.165, 1.54) is 49.8 Å². The van der Waals surface area contributed by atoms with E-state index in [9.17, 15) is 14.4 Å². The number of benzene rings is 2. The molecule has 0 aliphatic heterocycles. The second kappa shape index (κ2) is 8.40. The van der Waals surface area contributed by atoms with Crippen LogP contribution in [0.3, 0.4) is 0 Å². The first-order valence-corrected chi connectivity index (χ1v) is 9.60. The lowest BCUT2D eigenvalue weighted by molar-refractivity contribution is -0.141. The average molecular weight is 412 g/mol. The van der Waals surface area contributed by atoms with Crippen LogP contribution < -0.4 is 4.80 Å². The van der Waals surface area contributed by atoms with Crippen LogP contribution in [0.25, 0.3) is 10.2 Å². The lowest BCUT2D eigenvalue weighted by atomic mass is 10.1. The van der Waals surface area contributed by atoms with Gasteiger partial charge in [0.2, 0.25) is 0 Å². The van der Waals surface area contributed by atoms with Crippen LogP contribution in [0.1, 0.15) is 31.8 Å². The Morgan fingerprint density at radius 3 is 2.28 bits per heavy atom. The highest BCUT2D eigenvalue weighted by Crippen LogP contribution is 2.23. The van der Waals surface area contributed by atoms with Gasteiger partial charge in [-0.2, -0.15) is 4.99 Å². The van der Waals surface area contributed by atoms with E-state index in [0.717, 1.165) is 21.3 Å². The summed E-state index contributed by atoms with van der Waals surface area (Å²) in [6.45, 7) is 3.89. The lowest BCUT2D eigenvalue weighted by Gasteiger charge is -2.06. The minimum absolute atomic E-state index is 0.0478. The fourth-order valence-electron chi connectivity index (χ4n) is 3.04. The number of esters is 2. The average Bonchev–Trinajstić information content (AvgIpc) is 3.03. The molecule has 1 aromatic heterocycles. The maximum atomic E-state index is 12.7.